The van der Waals surface area contributed by atoms with Gasteiger partial charge in [-0.25, -0.2) is 0 Å². The molecule has 1 fully saturated rings. The van der Waals surface area contributed by atoms with Gasteiger partial charge in [0, 0.05) is 19.3 Å². The Morgan fingerprint density at radius 3 is 3.00 bits per heavy atom. The standard InChI is InChI=1S/C19H20N4O/c1-14-5-4-8-23(13-14)19(24)16-9-17(12-21-11-16)22-18-7-3-2-6-15(18)10-20/h2-3,6-7,9,11-12,14,22H,4-5,8,13H2,1H3. The predicted octanol–water partition coefficient (Wildman–Crippen LogP) is 3.57. The van der Waals surface area contributed by atoms with Crippen molar-refractivity contribution >= 4 is 17.3 Å². The Morgan fingerprint density at radius 1 is 1.38 bits per heavy atom. The lowest BCUT2D eigenvalue weighted by molar-refractivity contribution is 0.0682. The number of likely N-dealkylation sites (tertiary alicyclic amines) is 1. The van der Waals surface area contributed by atoms with Crippen molar-refractivity contribution < 1.29 is 4.79 Å². The van der Waals surface area contributed by atoms with Gasteiger partial charge in [0.05, 0.1) is 28.7 Å². The number of para-hydroxylation sites is 1. The molecule has 0 radical (unpaired) electrons. The normalized spacial score (nSPS) is 17.2. The van der Waals surface area contributed by atoms with Crippen LogP contribution in [0.2, 0.25) is 0 Å². The molecular formula is C19H20N4O. The fraction of sp³-hybridized carbons (Fsp3) is 0.316. The highest BCUT2D eigenvalue weighted by Crippen LogP contribution is 2.22. The summed E-state index contributed by atoms with van der Waals surface area (Å²) >= 11 is 0. The van der Waals surface area contributed by atoms with Crippen LogP contribution in [0.25, 0.3) is 0 Å². The van der Waals surface area contributed by atoms with E-state index < -0.39 is 0 Å². The first-order valence-electron chi connectivity index (χ1n) is 8.18. The zero-order valence-electron chi connectivity index (χ0n) is 13.7. The van der Waals surface area contributed by atoms with Crippen LogP contribution in [-0.2, 0) is 0 Å². The third-order valence-electron chi connectivity index (χ3n) is 4.26. The number of nitrogens with one attached hydrogen (secondary N) is 1. The number of aromatic nitrogens is 1. The number of nitriles is 1. The van der Waals surface area contributed by atoms with E-state index in [0.717, 1.165) is 19.5 Å². The Balaban J connectivity index is 1.79. The minimum absolute atomic E-state index is 0.0197. The Hall–Kier alpha value is -2.87. The minimum Gasteiger partial charge on any atom is -0.353 e. The summed E-state index contributed by atoms with van der Waals surface area (Å²) in [7, 11) is 0. The lowest BCUT2D eigenvalue weighted by Gasteiger charge is -2.31. The first-order chi connectivity index (χ1) is 11.7. The SMILES string of the molecule is CC1CCCN(C(=O)c2cncc(Nc3ccccc3C#N)c2)C1. The van der Waals surface area contributed by atoms with Crippen LogP contribution >= 0.6 is 0 Å². The van der Waals surface area contributed by atoms with E-state index in [4.69, 9.17) is 5.26 Å². The van der Waals surface area contributed by atoms with E-state index in [1.54, 1.807) is 24.5 Å². The molecule has 5 heteroatoms. The molecule has 1 saturated heterocycles. The first kappa shape index (κ1) is 16.0. The average Bonchev–Trinajstić information content (AvgIpc) is 2.62. The monoisotopic (exact) mass is 320 g/mol. The molecule has 1 aromatic heterocycles. The molecule has 0 spiro atoms. The van der Waals surface area contributed by atoms with E-state index in [-0.39, 0.29) is 5.91 Å². The summed E-state index contributed by atoms with van der Waals surface area (Å²) < 4.78 is 0. The number of hydrogen-bond donors (Lipinski definition) is 1. The average molecular weight is 320 g/mol. The van der Waals surface area contributed by atoms with Crippen LogP contribution in [-0.4, -0.2) is 28.9 Å². The summed E-state index contributed by atoms with van der Waals surface area (Å²) in [6.45, 7) is 3.78. The summed E-state index contributed by atoms with van der Waals surface area (Å²) in [5.74, 6) is 0.561. The van der Waals surface area contributed by atoms with Gasteiger partial charge >= 0.3 is 0 Å². The lowest BCUT2D eigenvalue weighted by atomic mass is 10.00. The first-order valence-corrected chi connectivity index (χ1v) is 8.18. The van der Waals surface area contributed by atoms with Crippen LogP contribution < -0.4 is 5.32 Å². The van der Waals surface area contributed by atoms with Gasteiger partial charge in [-0.05, 0) is 37.0 Å². The highest BCUT2D eigenvalue weighted by atomic mass is 16.2. The summed E-state index contributed by atoms with van der Waals surface area (Å²) in [4.78, 5) is 18.8. The van der Waals surface area contributed by atoms with E-state index in [1.807, 2.05) is 23.1 Å². The molecule has 1 amide bonds. The number of carbonyl (C=O) groups is 1. The molecule has 1 N–H and O–H groups in total. The van der Waals surface area contributed by atoms with E-state index in [1.165, 1.54) is 6.42 Å². The van der Waals surface area contributed by atoms with Crippen molar-refractivity contribution in [2.24, 2.45) is 5.92 Å². The number of piperidine rings is 1. The van der Waals surface area contributed by atoms with Crippen LogP contribution in [0.4, 0.5) is 11.4 Å². The zero-order chi connectivity index (χ0) is 16.9. The number of nitrogens with zero attached hydrogens (tertiary/aromatic N) is 3. The smallest absolute Gasteiger partial charge is 0.255 e. The maximum Gasteiger partial charge on any atom is 0.255 e. The molecule has 1 atom stereocenters. The zero-order valence-corrected chi connectivity index (χ0v) is 13.7. The Morgan fingerprint density at radius 2 is 2.21 bits per heavy atom. The second-order valence-corrected chi connectivity index (χ2v) is 6.24. The van der Waals surface area contributed by atoms with Crippen LogP contribution in [0.1, 0.15) is 35.7 Å². The molecule has 3 rings (SSSR count). The second-order valence-electron chi connectivity index (χ2n) is 6.24. The molecule has 5 nitrogen and oxygen atoms in total. The molecule has 1 aliphatic rings. The molecular weight excluding hydrogens is 300 g/mol. The maximum absolute atomic E-state index is 12.7. The van der Waals surface area contributed by atoms with E-state index in [0.29, 0.717) is 28.4 Å². The minimum atomic E-state index is 0.0197. The number of pyridine rings is 1. The van der Waals surface area contributed by atoms with E-state index in [2.05, 4.69) is 23.3 Å². The van der Waals surface area contributed by atoms with Crippen molar-refractivity contribution in [1.29, 1.82) is 5.26 Å². The van der Waals surface area contributed by atoms with E-state index >= 15 is 0 Å². The van der Waals surface area contributed by atoms with E-state index in [9.17, 15) is 4.79 Å². The number of carbonyl (C=O) groups excluding carboxylic acids is 1. The van der Waals surface area contributed by atoms with Crippen LogP contribution in [0, 0.1) is 17.2 Å². The highest BCUT2D eigenvalue weighted by molar-refractivity contribution is 5.95. The van der Waals surface area contributed by atoms with Crippen molar-refractivity contribution in [1.82, 2.24) is 9.88 Å². The summed E-state index contributed by atoms with van der Waals surface area (Å²) in [6, 6.07) is 11.2. The van der Waals surface area contributed by atoms with Crippen molar-refractivity contribution in [3.63, 3.8) is 0 Å². The van der Waals surface area contributed by atoms with Crippen molar-refractivity contribution in [2.75, 3.05) is 18.4 Å². The lowest BCUT2D eigenvalue weighted by Crippen LogP contribution is -2.39. The molecule has 0 bridgehead atoms. The van der Waals surface area contributed by atoms with Gasteiger partial charge in [-0.2, -0.15) is 5.26 Å². The summed E-state index contributed by atoms with van der Waals surface area (Å²) in [6.07, 6.45) is 5.48. The Bertz CT molecular complexity index is 781. The number of amides is 1. The quantitative estimate of drug-likeness (QED) is 0.938. The second kappa shape index (κ2) is 7.14. The molecule has 24 heavy (non-hydrogen) atoms. The van der Waals surface area contributed by atoms with Gasteiger partial charge in [-0.1, -0.05) is 19.1 Å². The topological polar surface area (TPSA) is 69.0 Å². The molecule has 122 valence electrons. The number of anilines is 2. The molecule has 0 saturated carbocycles. The van der Waals surface area contributed by atoms with Gasteiger partial charge in [0.15, 0.2) is 0 Å². The number of benzene rings is 1. The molecule has 0 aliphatic carbocycles. The highest BCUT2D eigenvalue weighted by Gasteiger charge is 2.22. The van der Waals surface area contributed by atoms with Gasteiger partial charge in [0.25, 0.3) is 5.91 Å². The molecule has 1 unspecified atom stereocenters. The van der Waals surface area contributed by atoms with Gasteiger partial charge in [-0.15, -0.1) is 0 Å². The summed E-state index contributed by atoms with van der Waals surface area (Å²) in [5.41, 5.74) is 2.54. The largest absolute Gasteiger partial charge is 0.353 e. The number of hydrogen-bond acceptors (Lipinski definition) is 4. The predicted molar refractivity (Wildman–Crippen MR) is 93.0 cm³/mol. The third-order valence-corrected chi connectivity index (χ3v) is 4.26. The summed E-state index contributed by atoms with van der Waals surface area (Å²) in [5, 5.41) is 12.3. The maximum atomic E-state index is 12.7. The van der Waals surface area contributed by atoms with Gasteiger partial charge in [0.1, 0.15) is 6.07 Å². The van der Waals surface area contributed by atoms with Crippen molar-refractivity contribution in [3.05, 3.63) is 53.9 Å². The van der Waals surface area contributed by atoms with Gasteiger partial charge in [-0.3, -0.25) is 9.78 Å². The van der Waals surface area contributed by atoms with Crippen molar-refractivity contribution in [2.45, 2.75) is 19.8 Å². The molecule has 2 aromatic rings. The van der Waals surface area contributed by atoms with Crippen LogP contribution in [0.5, 0.6) is 0 Å². The number of rotatable bonds is 3. The molecule has 1 aliphatic heterocycles. The fourth-order valence-corrected chi connectivity index (χ4v) is 3.03. The van der Waals surface area contributed by atoms with Gasteiger partial charge in [0.2, 0.25) is 0 Å². The van der Waals surface area contributed by atoms with Crippen molar-refractivity contribution in [3.8, 4) is 6.07 Å². The third kappa shape index (κ3) is 3.54. The Labute approximate surface area is 141 Å². The van der Waals surface area contributed by atoms with Crippen LogP contribution in [0.3, 0.4) is 0 Å². The fourth-order valence-electron chi connectivity index (χ4n) is 3.03. The van der Waals surface area contributed by atoms with Crippen LogP contribution in [0.15, 0.2) is 42.7 Å². The molecule has 2 heterocycles. The van der Waals surface area contributed by atoms with Gasteiger partial charge < -0.3 is 10.2 Å². The molecule has 1 aromatic carbocycles. The Kier molecular flexibility index (Phi) is 4.76.